The largest absolute Gasteiger partial charge is 0.486 e. The van der Waals surface area contributed by atoms with E-state index in [0.717, 1.165) is 25.6 Å². The summed E-state index contributed by atoms with van der Waals surface area (Å²) in [6.45, 7) is 8.45. The van der Waals surface area contributed by atoms with E-state index in [2.05, 4.69) is 27.6 Å². The number of hydrogen-bond acceptors (Lipinski definition) is 3. The van der Waals surface area contributed by atoms with E-state index in [0.29, 0.717) is 12.5 Å². The number of nitrogens with zero attached hydrogens (tertiary/aromatic N) is 2. The Kier molecular flexibility index (Phi) is 10.9. The molecule has 1 aromatic carbocycles. The molecule has 2 unspecified atom stereocenters. The van der Waals surface area contributed by atoms with Crippen molar-refractivity contribution in [2.45, 2.75) is 32.8 Å². The quantitative estimate of drug-likeness (QED) is 0.359. The van der Waals surface area contributed by atoms with Gasteiger partial charge in [-0.1, -0.05) is 12.1 Å². The SMILES string of the molecule is CCNC(=NCC(C)Oc1ccccc1F)NCC1CCCN(C)C1.I. The van der Waals surface area contributed by atoms with E-state index in [4.69, 9.17) is 4.74 Å². The second-order valence-corrected chi connectivity index (χ2v) is 6.73. The van der Waals surface area contributed by atoms with Gasteiger partial charge < -0.3 is 20.3 Å². The van der Waals surface area contributed by atoms with E-state index in [1.165, 1.54) is 25.5 Å². The van der Waals surface area contributed by atoms with E-state index in [1.807, 2.05) is 13.8 Å². The van der Waals surface area contributed by atoms with Crippen molar-refractivity contribution in [2.24, 2.45) is 10.9 Å². The van der Waals surface area contributed by atoms with Gasteiger partial charge in [-0.25, -0.2) is 9.38 Å². The second kappa shape index (κ2) is 12.3. The molecule has 0 bridgehead atoms. The maximum atomic E-state index is 13.6. The molecule has 0 radical (unpaired) electrons. The molecule has 0 spiro atoms. The molecule has 1 aromatic rings. The fraction of sp³-hybridized carbons (Fsp3) is 0.632. The van der Waals surface area contributed by atoms with Crippen LogP contribution in [-0.2, 0) is 0 Å². The molecule has 1 fully saturated rings. The van der Waals surface area contributed by atoms with E-state index in [-0.39, 0.29) is 41.6 Å². The summed E-state index contributed by atoms with van der Waals surface area (Å²) in [6.07, 6.45) is 2.31. The Bertz CT molecular complexity index is 558. The lowest BCUT2D eigenvalue weighted by molar-refractivity contribution is 0.210. The van der Waals surface area contributed by atoms with Gasteiger partial charge in [0.2, 0.25) is 0 Å². The summed E-state index contributed by atoms with van der Waals surface area (Å²) in [5, 5.41) is 6.68. The highest BCUT2D eigenvalue weighted by molar-refractivity contribution is 14.0. The van der Waals surface area contributed by atoms with Crippen molar-refractivity contribution < 1.29 is 9.13 Å². The average Bonchev–Trinajstić information content (AvgIpc) is 2.59. The van der Waals surface area contributed by atoms with E-state index >= 15 is 0 Å². The van der Waals surface area contributed by atoms with E-state index < -0.39 is 0 Å². The van der Waals surface area contributed by atoms with Crippen LogP contribution in [0.2, 0.25) is 0 Å². The highest BCUT2D eigenvalue weighted by Crippen LogP contribution is 2.17. The maximum Gasteiger partial charge on any atom is 0.191 e. The molecular formula is C19H32FIN4O. The molecular weight excluding hydrogens is 446 g/mol. The highest BCUT2D eigenvalue weighted by Gasteiger charge is 2.17. The zero-order valence-electron chi connectivity index (χ0n) is 16.0. The van der Waals surface area contributed by atoms with Crippen LogP contribution in [-0.4, -0.2) is 56.7 Å². The average molecular weight is 478 g/mol. The third-order valence-corrected chi connectivity index (χ3v) is 4.30. The van der Waals surface area contributed by atoms with Crippen LogP contribution in [0.1, 0.15) is 26.7 Å². The Hall–Kier alpha value is -1.09. The van der Waals surface area contributed by atoms with E-state index in [1.54, 1.807) is 18.2 Å². The maximum absolute atomic E-state index is 13.6. The number of hydrogen-bond donors (Lipinski definition) is 2. The molecule has 0 aliphatic carbocycles. The van der Waals surface area contributed by atoms with E-state index in [9.17, 15) is 4.39 Å². The van der Waals surface area contributed by atoms with Crippen LogP contribution in [0, 0.1) is 11.7 Å². The monoisotopic (exact) mass is 478 g/mol. The van der Waals surface area contributed by atoms with Gasteiger partial charge in [-0.05, 0) is 58.3 Å². The molecule has 1 heterocycles. The van der Waals surface area contributed by atoms with Crippen molar-refractivity contribution in [1.29, 1.82) is 0 Å². The molecule has 0 saturated carbocycles. The van der Waals surface area contributed by atoms with Crippen LogP contribution >= 0.6 is 24.0 Å². The Morgan fingerprint density at radius 2 is 2.15 bits per heavy atom. The topological polar surface area (TPSA) is 48.9 Å². The van der Waals surface area contributed by atoms with Crippen molar-refractivity contribution in [3.05, 3.63) is 30.1 Å². The molecule has 2 atom stereocenters. The predicted molar refractivity (Wildman–Crippen MR) is 116 cm³/mol. The minimum absolute atomic E-state index is 0. The van der Waals surface area contributed by atoms with Gasteiger partial charge >= 0.3 is 0 Å². The molecule has 7 heteroatoms. The number of likely N-dealkylation sites (tertiary alicyclic amines) is 1. The summed E-state index contributed by atoms with van der Waals surface area (Å²) in [7, 11) is 2.17. The fourth-order valence-electron chi connectivity index (χ4n) is 3.04. The lowest BCUT2D eigenvalue weighted by atomic mass is 9.99. The molecule has 148 valence electrons. The number of piperidine rings is 1. The van der Waals surface area contributed by atoms with Gasteiger partial charge in [-0.15, -0.1) is 24.0 Å². The van der Waals surface area contributed by atoms with Gasteiger partial charge in [-0.2, -0.15) is 0 Å². The summed E-state index contributed by atoms with van der Waals surface area (Å²) in [5.41, 5.74) is 0. The van der Waals surface area contributed by atoms with Gasteiger partial charge in [0, 0.05) is 19.6 Å². The first-order valence-corrected chi connectivity index (χ1v) is 9.20. The summed E-state index contributed by atoms with van der Waals surface area (Å²) in [4.78, 5) is 6.96. The number of ether oxygens (including phenoxy) is 1. The summed E-state index contributed by atoms with van der Waals surface area (Å²) in [6, 6.07) is 6.46. The molecule has 1 aliphatic rings. The predicted octanol–water partition coefficient (Wildman–Crippen LogP) is 3.11. The lowest BCUT2D eigenvalue weighted by Crippen LogP contribution is -2.44. The molecule has 0 aromatic heterocycles. The second-order valence-electron chi connectivity index (χ2n) is 6.73. The number of halogens is 2. The van der Waals surface area contributed by atoms with Gasteiger partial charge in [0.05, 0.1) is 6.54 Å². The number of guanidine groups is 1. The normalized spacial score (nSPS) is 19.4. The molecule has 1 aliphatic heterocycles. The van der Waals surface area contributed by atoms with Crippen LogP contribution in [0.5, 0.6) is 5.75 Å². The first kappa shape index (κ1) is 23.0. The van der Waals surface area contributed by atoms with Crippen molar-refractivity contribution in [1.82, 2.24) is 15.5 Å². The zero-order valence-corrected chi connectivity index (χ0v) is 18.3. The van der Waals surface area contributed by atoms with Crippen LogP contribution in [0.15, 0.2) is 29.3 Å². The van der Waals surface area contributed by atoms with Crippen molar-refractivity contribution in [3.63, 3.8) is 0 Å². The number of para-hydroxylation sites is 1. The Labute approximate surface area is 173 Å². The van der Waals surface area contributed by atoms with Crippen LogP contribution < -0.4 is 15.4 Å². The van der Waals surface area contributed by atoms with Crippen molar-refractivity contribution >= 4 is 29.9 Å². The first-order chi connectivity index (χ1) is 12.1. The molecule has 2 N–H and O–H groups in total. The fourth-order valence-corrected chi connectivity index (χ4v) is 3.04. The van der Waals surface area contributed by atoms with Crippen LogP contribution in [0.25, 0.3) is 0 Å². The zero-order chi connectivity index (χ0) is 18.1. The molecule has 5 nitrogen and oxygen atoms in total. The molecule has 26 heavy (non-hydrogen) atoms. The lowest BCUT2D eigenvalue weighted by Gasteiger charge is -2.30. The standard InChI is InChI=1S/C19H31FN4O.HI/c1-4-21-19(23-13-16-8-7-11-24(3)14-16)22-12-15(2)25-18-10-6-5-9-17(18)20;/h5-6,9-10,15-16H,4,7-8,11-14H2,1-3H3,(H2,21,22,23);1H. The summed E-state index contributed by atoms with van der Waals surface area (Å²) >= 11 is 0. The highest BCUT2D eigenvalue weighted by atomic mass is 127. The minimum Gasteiger partial charge on any atom is -0.486 e. The molecule has 1 saturated heterocycles. The van der Waals surface area contributed by atoms with Gasteiger partial charge in [0.1, 0.15) is 6.10 Å². The van der Waals surface area contributed by atoms with Gasteiger partial charge in [-0.3, -0.25) is 0 Å². The van der Waals surface area contributed by atoms with Crippen molar-refractivity contribution in [3.8, 4) is 5.75 Å². The molecule has 2 rings (SSSR count). The number of nitrogens with one attached hydrogen (secondary N) is 2. The Morgan fingerprint density at radius 1 is 1.38 bits per heavy atom. The van der Waals surface area contributed by atoms with Crippen molar-refractivity contribution in [2.75, 3.05) is 39.8 Å². The summed E-state index contributed by atoms with van der Waals surface area (Å²) in [5.74, 6) is 1.37. The number of benzene rings is 1. The number of aliphatic imine (C=N–C) groups is 1. The van der Waals surface area contributed by atoms with Crippen LogP contribution in [0.4, 0.5) is 4.39 Å². The Morgan fingerprint density at radius 3 is 2.85 bits per heavy atom. The number of rotatable bonds is 7. The smallest absolute Gasteiger partial charge is 0.191 e. The minimum atomic E-state index is -0.343. The van der Waals surface area contributed by atoms with Gasteiger partial charge in [0.25, 0.3) is 0 Å². The van der Waals surface area contributed by atoms with Gasteiger partial charge in [0.15, 0.2) is 17.5 Å². The Balaban J connectivity index is 0.00000338. The third kappa shape index (κ3) is 8.07. The molecule has 0 amide bonds. The summed E-state index contributed by atoms with van der Waals surface area (Å²) < 4.78 is 19.3. The first-order valence-electron chi connectivity index (χ1n) is 9.20. The van der Waals surface area contributed by atoms with Crippen LogP contribution in [0.3, 0.4) is 0 Å². The third-order valence-electron chi connectivity index (χ3n) is 4.30.